The minimum atomic E-state index is -0.370. The molecule has 0 aromatic carbocycles. The zero-order valence-electron chi connectivity index (χ0n) is 15.6. The predicted molar refractivity (Wildman–Crippen MR) is 102 cm³/mol. The molecule has 0 spiro atoms. The largest absolute Gasteiger partial charge is 0.462 e. The van der Waals surface area contributed by atoms with Crippen molar-refractivity contribution in [1.82, 2.24) is 0 Å². The van der Waals surface area contributed by atoms with Crippen LogP contribution in [0.3, 0.4) is 0 Å². The van der Waals surface area contributed by atoms with Crippen molar-refractivity contribution in [2.24, 2.45) is 0 Å². The van der Waals surface area contributed by atoms with Crippen LogP contribution in [-0.4, -0.2) is 18.5 Å². The average molecular weight is 354 g/mol. The minimum Gasteiger partial charge on any atom is -0.462 e. The lowest BCUT2D eigenvalue weighted by atomic mass is 9.88. The molecule has 0 atom stereocenters. The molecule has 0 aromatic heterocycles. The first-order valence-electron chi connectivity index (χ1n) is 8.86. The van der Waals surface area contributed by atoms with E-state index in [-0.39, 0.29) is 11.9 Å². The number of esters is 2. The Kier molecular flexibility index (Phi) is 6.96. The third-order valence-electron chi connectivity index (χ3n) is 4.34. The van der Waals surface area contributed by atoms with E-state index in [1.807, 2.05) is 12.2 Å². The normalized spacial score (nSPS) is 16.5. The van der Waals surface area contributed by atoms with E-state index in [0.29, 0.717) is 23.5 Å². The fourth-order valence-corrected chi connectivity index (χ4v) is 2.73. The maximum Gasteiger partial charge on any atom is 0.338 e. The second kappa shape index (κ2) is 9.18. The van der Waals surface area contributed by atoms with Gasteiger partial charge in [-0.1, -0.05) is 37.0 Å². The fraction of sp³-hybridized carbons (Fsp3) is 0.364. The third-order valence-corrected chi connectivity index (χ3v) is 4.34. The summed E-state index contributed by atoms with van der Waals surface area (Å²) in [4.78, 5) is 22.9. The maximum absolute atomic E-state index is 11.6. The summed E-state index contributed by atoms with van der Waals surface area (Å²) in [5, 5.41) is 0. The Bertz CT molecular complexity index is 744. The summed E-state index contributed by atoms with van der Waals surface area (Å²) in [7, 11) is 0. The Morgan fingerprint density at radius 1 is 0.885 bits per heavy atom. The summed E-state index contributed by atoms with van der Waals surface area (Å²) in [6, 6.07) is 0. The molecule has 0 aromatic rings. The lowest BCUT2D eigenvalue weighted by Gasteiger charge is -2.20. The van der Waals surface area contributed by atoms with Crippen molar-refractivity contribution in [3.05, 3.63) is 71.1 Å². The van der Waals surface area contributed by atoms with Gasteiger partial charge in [0.2, 0.25) is 0 Å². The molecule has 0 unspecified atom stereocenters. The zero-order valence-corrected chi connectivity index (χ0v) is 15.6. The van der Waals surface area contributed by atoms with E-state index >= 15 is 0 Å². The Labute approximate surface area is 155 Å². The summed E-state index contributed by atoms with van der Waals surface area (Å²) < 4.78 is 10.4. The summed E-state index contributed by atoms with van der Waals surface area (Å²) >= 11 is 0. The van der Waals surface area contributed by atoms with E-state index in [9.17, 15) is 9.59 Å². The van der Waals surface area contributed by atoms with Crippen LogP contribution in [0.15, 0.2) is 71.1 Å². The van der Waals surface area contributed by atoms with Crippen LogP contribution < -0.4 is 0 Å². The lowest BCUT2D eigenvalue weighted by molar-refractivity contribution is -0.139. The highest BCUT2D eigenvalue weighted by Gasteiger charge is 2.16. The Balaban J connectivity index is 1.89. The highest BCUT2D eigenvalue weighted by atomic mass is 16.5. The zero-order chi connectivity index (χ0) is 19.1. The van der Waals surface area contributed by atoms with Crippen LogP contribution in [-0.2, 0) is 19.1 Å². The average Bonchev–Trinajstić information content (AvgIpc) is 2.62. The molecule has 0 radical (unpaired) electrons. The van der Waals surface area contributed by atoms with Gasteiger partial charge in [-0.2, -0.15) is 0 Å². The van der Waals surface area contributed by atoms with Gasteiger partial charge in [0.1, 0.15) is 5.76 Å². The monoisotopic (exact) mass is 354 g/mol. The van der Waals surface area contributed by atoms with Gasteiger partial charge in [0.15, 0.2) is 0 Å². The summed E-state index contributed by atoms with van der Waals surface area (Å²) in [6.45, 7) is 10.8. The quantitative estimate of drug-likeness (QED) is 0.484. The van der Waals surface area contributed by atoms with E-state index in [4.69, 9.17) is 9.47 Å². The van der Waals surface area contributed by atoms with Gasteiger partial charge in [0, 0.05) is 24.0 Å². The van der Waals surface area contributed by atoms with E-state index in [1.165, 1.54) is 16.7 Å². The molecule has 0 bridgehead atoms. The standard InChI is InChI=1S/C22H26O4/c1-15(2)21(23)25-14-13-17-5-7-18(8-6-17)19-9-11-20(12-10-19)26-22(24)16(3)4/h5,7,9,11H,1,3,6,8,10,12-14H2,2,4H3. The lowest BCUT2D eigenvalue weighted by Crippen LogP contribution is -2.09. The van der Waals surface area contributed by atoms with Crippen molar-refractivity contribution in [2.75, 3.05) is 6.61 Å². The molecule has 2 aliphatic rings. The molecule has 0 amide bonds. The number of hydrogen-bond acceptors (Lipinski definition) is 4. The highest BCUT2D eigenvalue weighted by Crippen LogP contribution is 2.31. The molecule has 26 heavy (non-hydrogen) atoms. The van der Waals surface area contributed by atoms with Gasteiger partial charge < -0.3 is 9.47 Å². The van der Waals surface area contributed by atoms with Crippen LogP contribution in [0.2, 0.25) is 0 Å². The molecule has 0 heterocycles. The minimum absolute atomic E-state index is 0.333. The van der Waals surface area contributed by atoms with Gasteiger partial charge >= 0.3 is 11.9 Å². The molecule has 138 valence electrons. The first-order chi connectivity index (χ1) is 12.4. The molecule has 0 saturated carbocycles. The summed E-state index contributed by atoms with van der Waals surface area (Å²) in [5.74, 6) is -0.0152. The van der Waals surface area contributed by atoms with Crippen LogP contribution in [0, 0.1) is 0 Å². The number of carbonyl (C=O) groups is 2. The SMILES string of the molecule is C=C(C)C(=O)OCCC1=CC=C(C2=CC=C(OC(=O)C(=C)C)CC2)CC1. The third kappa shape index (κ3) is 5.73. The molecule has 0 N–H and O–H groups in total. The number of rotatable bonds is 7. The highest BCUT2D eigenvalue weighted by molar-refractivity contribution is 5.87. The Hall–Kier alpha value is -2.62. The van der Waals surface area contributed by atoms with Crippen molar-refractivity contribution < 1.29 is 19.1 Å². The number of carbonyl (C=O) groups excluding carboxylic acids is 2. The van der Waals surface area contributed by atoms with Crippen molar-refractivity contribution in [3.8, 4) is 0 Å². The van der Waals surface area contributed by atoms with E-state index < -0.39 is 0 Å². The van der Waals surface area contributed by atoms with Gasteiger partial charge in [-0.15, -0.1) is 0 Å². The molecule has 2 rings (SSSR count). The van der Waals surface area contributed by atoms with Crippen molar-refractivity contribution in [2.45, 2.75) is 46.0 Å². The predicted octanol–water partition coefficient (Wildman–Crippen LogP) is 4.87. The molecule has 4 heteroatoms. The fourth-order valence-electron chi connectivity index (χ4n) is 2.73. The topological polar surface area (TPSA) is 52.6 Å². The Morgan fingerprint density at radius 3 is 2.00 bits per heavy atom. The van der Waals surface area contributed by atoms with Crippen LogP contribution in [0.5, 0.6) is 0 Å². The molecule has 0 aliphatic heterocycles. The van der Waals surface area contributed by atoms with E-state index in [1.54, 1.807) is 13.8 Å². The van der Waals surface area contributed by atoms with E-state index in [2.05, 4.69) is 25.3 Å². The molecule has 4 nitrogen and oxygen atoms in total. The van der Waals surface area contributed by atoms with Gasteiger partial charge in [-0.25, -0.2) is 9.59 Å². The van der Waals surface area contributed by atoms with Crippen LogP contribution in [0.1, 0.15) is 46.0 Å². The van der Waals surface area contributed by atoms with Crippen molar-refractivity contribution in [1.29, 1.82) is 0 Å². The molecular weight excluding hydrogens is 328 g/mol. The van der Waals surface area contributed by atoms with E-state index in [0.717, 1.165) is 32.1 Å². The number of allylic oxidation sites excluding steroid dienone is 7. The first-order valence-corrected chi connectivity index (χ1v) is 8.86. The Morgan fingerprint density at radius 2 is 1.50 bits per heavy atom. The second-order valence-electron chi connectivity index (χ2n) is 6.68. The molecule has 0 saturated heterocycles. The first kappa shape index (κ1) is 19.7. The summed E-state index contributed by atoms with van der Waals surface area (Å²) in [5.41, 5.74) is 4.71. The number of hydrogen-bond donors (Lipinski definition) is 0. The van der Waals surface area contributed by atoms with Crippen LogP contribution >= 0.6 is 0 Å². The molecule has 0 fully saturated rings. The molecular formula is C22H26O4. The van der Waals surface area contributed by atoms with Gasteiger partial charge in [0.25, 0.3) is 0 Å². The van der Waals surface area contributed by atoms with Crippen molar-refractivity contribution in [3.63, 3.8) is 0 Å². The summed E-state index contributed by atoms with van der Waals surface area (Å²) in [6.07, 6.45) is 12.4. The van der Waals surface area contributed by atoms with Gasteiger partial charge in [0.05, 0.1) is 6.61 Å². The van der Waals surface area contributed by atoms with Gasteiger partial charge in [-0.3, -0.25) is 0 Å². The van der Waals surface area contributed by atoms with Crippen LogP contribution in [0.25, 0.3) is 0 Å². The second-order valence-corrected chi connectivity index (χ2v) is 6.68. The van der Waals surface area contributed by atoms with Gasteiger partial charge in [-0.05, 0) is 50.3 Å². The smallest absolute Gasteiger partial charge is 0.338 e. The number of ether oxygens (including phenoxy) is 2. The van der Waals surface area contributed by atoms with Crippen LogP contribution in [0.4, 0.5) is 0 Å². The molecule has 2 aliphatic carbocycles. The van der Waals surface area contributed by atoms with Crippen molar-refractivity contribution >= 4 is 11.9 Å². The maximum atomic E-state index is 11.6.